The largest absolute Gasteiger partial charge is 0.432 e. The van der Waals surface area contributed by atoms with Crippen LogP contribution in [-0.2, 0) is 45.1 Å². The topological polar surface area (TPSA) is 360 Å². The third-order valence-corrected chi connectivity index (χ3v) is 28.5. The number of benzene rings is 4. The zero-order valence-corrected chi connectivity index (χ0v) is 79.0. The number of ether oxygens (including phenoxy) is 4. The normalized spacial score (nSPS) is 17.0. The molecule has 2 saturated carbocycles. The van der Waals surface area contributed by atoms with Crippen LogP contribution in [0.4, 0.5) is 23.3 Å². The van der Waals surface area contributed by atoms with E-state index in [1.807, 2.05) is 73.8 Å². The summed E-state index contributed by atoms with van der Waals surface area (Å²) in [5.41, 5.74) is 21.3. The zero-order chi connectivity index (χ0) is 94.0. The number of furan rings is 4. The van der Waals surface area contributed by atoms with Gasteiger partial charge in [0.25, 0.3) is 0 Å². The zero-order valence-electron chi connectivity index (χ0n) is 79.0. The lowest BCUT2D eigenvalue weighted by Gasteiger charge is -2.34. The Balaban J connectivity index is 0.000000102. The second-order valence-corrected chi connectivity index (χ2v) is 38.2. The summed E-state index contributed by atoms with van der Waals surface area (Å²) in [4.78, 5) is 93.3. The van der Waals surface area contributed by atoms with E-state index in [-0.39, 0.29) is 7.43 Å². The SMILES string of the molecule is C.CN(Cc1cnc2oc3c(N4CCOCC4)nc(-c4cccc5[nH]ccc45)nc3c2c1)C1CC1.CN(Cc1cnc2oc3c(N4CCOCC4)nc(-c4cccc5[nH]ccc45)nc3c2c1)CC1CC1.N#CCCN1CCN(Cc2cnc3oc4c(N5CCOCC5)nc(-c5cccc6[nH]ccc56)nc4c3c2)CC1.c1cc(-c2nc(N3CCOCC3)c3oc4ncc(CN5CCC5)cc4c3n2)c2cc[nH]c2c1. The van der Waals surface area contributed by atoms with Crippen LogP contribution in [0.5, 0.6) is 0 Å². The molecule has 0 amide bonds. The lowest BCUT2D eigenvalue weighted by molar-refractivity contribution is 0.122. The Bertz CT molecular complexity index is 8070. The van der Waals surface area contributed by atoms with Crippen LogP contribution in [-0.4, -0.2) is 282 Å². The summed E-state index contributed by atoms with van der Waals surface area (Å²) in [5, 5.41) is 17.0. The Morgan fingerprint density at radius 2 is 0.676 bits per heavy atom. The Hall–Kier alpha value is -14.5. The van der Waals surface area contributed by atoms with Gasteiger partial charge in [0.2, 0.25) is 22.9 Å². The maximum atomic E-state index is 8.88. The molecule has 34 nitrogen and oxygen atoms in total. The molecule has 28 rings (SSSR count). The van der Waals surface area contributed by atoms with E-state index in [2.05, 4.69) is 196 Å². The first-order valence-corrected chi connectivity index (χ1v) is 49.4. The summed E-state index contributed by atoms with van der Waals surface area (Å²) in [5.74, 6) is 6.85. The van der Waals surface area contributed by atoms with E-state index in [0.29, 0.717) is 134 Å². The number of nitrogens with one attached hydrogen (secondary N) is 4. The third kappa shape index (κ3) is 18.1. The van der Waals surface area contributed by atoms with Crippen molar-refractivity contribution in [1.29, 1.82) is 5.26 Å². The standard InChI is InChI=1S/C29H30N8O2.C27H28N6O2.C26H26N6O2.C25H24N6O2.CH4/c30-6-2-8-35-9-11-36(12-10-35)19-20-17-23-25-26(39-29(23)32-18-20)28(37-13-15-38-16-14-37)34-27(33-25)22-3-1-4-24-21(22)5-7-31-24;1-32(15-17-5-6-17)16-18-13-21-23-24(35-27(21)29-14-18)26(33-9-11-34-12-10-33)31-25(30-23)20-3-2-4-22-19(20)7-8-28-22;1-31(17-5-6-17)15-16-13-20-22-23(34-26(20)28-14-16)25(32-9-11-33-12-10-32)30-24(29-22)19-3-2-4-21-18(19)7-8-27-21;1-3-18(17-5-6-26-20(17)4-1)23-28-21-19-13-16(15-30-7-2-8-30)14-27-25(19)33-22(21)24(29-23)31-9-11-32-12-10-31;/h1,3-5,7,17-18,31H,2,8-16,19H2;2-4,7-8,13-14,17,28H,5-6,9-12,15-16H2,1H3;2-4,7-8,13-14,17,27H,5-6,9-12,15H2,1H3;1,3-6,13-14,26H,2,7-12,15H2;1H4. The number of fused-ring (bicyclic) bond motifs is 16. The summed E-state index contributed by atoms with van der Waals surface area (Å²) in [6, 6.07) is 44.7. The minimum atomic E-state index is 0. The molecule has 0 unspecified atom stereocenters. The first-order chi connectivity index (χ1) is 69.6. The van der Waals surface area contributed by atoms with Gasteiger partial charge >= 0.3 is 0 Å². The van der Waals surface area contributed by atoms with E-state index in [1.165, 1.54) is 48.8 Å². The number of pyridine rings is 4. The Morgan fingerprint density at radius 3 is 0.993 bits per heavy atom. The van der Waals surface area contributed by atoms with Gasteiger partial charge in [0, 0.05) is 246 Å². The summed E-state index contributed by atoms with van der Waals surface area (Å²) in [6.07, 6.45) is 22.6. The lowest BCUT2D eigenvalue weighted by atomic mass is 10.1. The fourth-order valence-electron chi connectivity index (χ4n) is 20.6. The van der Waals surface area contributed by atoms with Gasteiger partial charge in [0.05, 0.1) is 80.5 Å². The average molecular weight is 1900 g/mol. The number of hydrogen-bond donors (Lipinski definition) is 4. The number of aromatic amines is 4. The fraction of sp³-hybridized carbons (Fsp3) is 0.361. The van der Waals surface area contributed by atoms with Gasteiger partial charge in [-0.05, 0) is 160 Å². The summed E-state index contributed by atoms with van der Waals surface area (Å²) in [6.45, 7) is 23.1. The molecule has 0 bridgehead atoms. The van der Waals surface area contributed by atoms with Gasteiger partial charge < -0.3 is 81.1 Å². The van der Waals surface area contributed by atoms with Gasteiger partial charge in [-0.2, -0.15) is 5.26 Å². The molecule has 22 heterocycles. The van der Waals surface area contributed by atoms with E-state index >= 15 is 0 Å². The molecule has 2 aliphatic carbocycles. The molecule has 4 N–H and O–H groups in total. The molecule has 6 aliphatic heterocycles. The maximum absolute atomic E-state index is 8.88. The van der Waals surface area contributed by atoms with Gasteiger partial charge in [0.15, 0.2) is 68.9 Å². The third-order valence-electron chi connectivity index (χ3n) is 28.5. The van der Waals surface area contributed by atoms with Crippen molar-refractivity contribution in [1.82, 2.24) is 104 Å². The molecule has 722 valence electrons. The van der Waals surface area contributed by atoms with Crippen molar-refractivity contribution in [3.05, 3.63) is 193 Å². The molecular formula is C108H112N26O8. The number of nitrogens with zero attached hydrogens (tertiary/aromatic N) is 22. The lowest BCUT2D eigenvalue weighted by Crippen LogP contribution is -2.46. The quantitative estimate of drug-likeness (QED) is 0.0519. The van der Waals surface area contributed by atoms with Gasteiger partial charge in [-0.25, -0.2) is 59.8 Å². The number of anilines is 4. The Labute approximate surface area is 817 Å². The smallest absolute Gasteiger partial charge is 0.229 e. The first-order valence-electron chi connectivity index (χ1n) is 49.4. The number of piperazine rings is 1. The van der Waals surface area contributed by atoms with Crippen LogP contribution in [0.25, 0.3) is 178 Å². The van der Waals surface area contributed by atoms with Crippen LogP contribution in [0.1, 0.15) is 68.2 Å². The highest BCUT2D eigenvalue weighted by atomic mass is 16.5. The van der Waals surface area contributed by atoms with Crippen LogP contribution >= 0.6 is 0 Å². The maximum Gasteiger partial charge on any atom is 0.229 e. The van der Waals surface area contributed by atoms with Crippen molar-refractivity contribution in [2.75, 3.05) is 191 Å². The minimum absolute atomic E-state index is 0. The van der Waals surface area contributed by atoms with E-state index in [9.17, 15) is 0 Å². The average Bonchev–Trinajstić information content (AvgIpc) is 1.61. The number of aromatic nitrogens is 16. The number of rotatable bonds is 21. The van der Waals surface area contributed by atoms with Gasteiger partial charge in [0.1, 0.15) is 22.1 Å². The van der Waals surface area contributed by atoms with Crippen molar-refractivity contribution >= 4 is 156 Å². The van der Waals surface area contributed by atoms with E-state index < -0.39 is 0 Å². The summed E-state index contributed by atoms with van der Waals surface area (Å²) in [7, 11) is 4.37. The second-order valence-electron chi connectivity index (χ2n) is 38.2. The van der Waals surface area contributed by atoms with Gasteiger partial charge in [-0.3, -0.25) is 19.6 Å². The Kier molecular flexibility index (Phi) is 24.8. The number of H-pyrrole nitrogens is 4. The molecule has 8 fully saturated rings. The van der Waals surface area contributed by atoms with Crippen molar-refractivity contribution < 1.29 is 36.6 Å². The molecule has 0 atom stereocenters. The van der Waals surface area contributed by atoms with E-state index in [0.717, 1.165) is 275 Å². The molecule has 20 aromatic rings. The second kappa shape index (κ2) is 39.2. The van der Waals surface area contributed by atoms with Crippen LogP contribution in [0.15, 0.2) is 189 Å². The van der Waals surface area contributed by atoms with Crippen LogP contribution in [0.2, 0.25) is 0 Å². The predicted octanol–water partition coefficient (Wildman–Crippen LogP) is 17.3. The predicted molar refractivity (Wildman–Crippen MR) is 552 cm³/mol. The number of hydrogen-bond acceptors (Lipinski definition) is 30. The van der Waals surface area contributed by atoms with Gasteiger partial charge in [-0.15, -0.1) is 0 Å². The molecule has 0 radical (unpaired) electrons. The van der Waals surface area contributed by atoms with Crippen molar-refractivity contribution in [2.45, 2.75) is 78.2 Å². The Morgan fingerprint density at radius 1 is 0.359 bits per heavy atom. The molecule has 6 saturated heterocycles. The molecule has 34 heteroatoms. The van der Waals surface area contributed by atoms with Crippen LogP contribution in [0, 0.1) is 17.2 Å². The van der Waals surface area contributed by atoms with Crippen molar-refractivity contribution in [2.24, 2.45) is 5.92 Å². The van der Waals surface area contributed by atoms with Gasteiger partial charge in [-0.1, -0.05) is 56.0 Å². The molecular weight excluding hydrogens is 1790 g/mol. The summed E-state index contributed by atoms with van der Waals surface area (Å²) < 4.78 is 47.6. The molecule has 16 aromatic heterocycles. The molecule has 4 aromatic carbocycles. The van der Waals surface area contributed by atoms with E-state index in [4.69, 9.17) is 86.7 Å². The highest BCUT2D eigenvalue weighted by Gasteiger charge is 2.34. The molecule has 142 heavy (non-hydrogen) atoms. The highest BCUT2D eigenvalue weighted by molar-refractivity contribution is 6.11. The van der Waals surface area contributed by atoms with Crippen molar-refractivity contribution in [3.63, 3.8) is 0 Å². The molecule has 8 aliphatic rings. The first kappa shape index (κ1) is 90.1. The minimum Gasteiger partial charge on any atom is -0.432 e. The van der Waals surface area contributed by atoms with E-state index in [1.54, 1.807) is 0 Å². The van der Waals surface area contributed by atoms with Crippen LogP contribution in [0.3, 0.4) is 0 Å². The number of morpholine rings is 4. The number of nitriles is 1. The molecule has 0 spiro atoms. The van der Waals surface area contributed by atoms with Crippen molar-refractivity contribution in [3.8, 4) is 51.6 Å². The summed E-state index contributed by atoms with van der Waals surface area (Å²) >= 11 is 0. The highest BCUT2D eigenvalue weighted by Crippen LogP contribution is 2.44. The number of likely N-dealkylation sites (tertiary alicyclic amines) is 1. The monoisotopic (exact) mass is 1900 g/mol. The fourth-order valence-corrected chi connectivity index (χ4v) is 20.6. The van der Waals surface area contributed by atoms with Crippen LogP contribution < -0.4 is 19.6 Å².